The van der Waals surface area contributed by atoms with Crippen molar-refractivity contribution < 1.29 is 9.18 Å². The summed E-state index contributed by atoms with van der Waals surface area (Å²) in [5.74, 6) is -0.766. The van der Waals surface area contributed by atoms with E-state index in [0.717, 1.165) is 5.69 Å². The summed E-state index contributed by atoms with van der Waals surface area (Å²) >= 11 is 9.02. The van der Waals surface area contributed by atoms with Crippen molar-refractivity contribution in [2.24, 2.45) is 0 Å². The molecule has 23 heavy (non-hydrogen) atoms. The van der Waals surface area contributed by atoms with Crippen LogP contribution in [0.4, 0.5) is 10.1 Å². The van der Waals surface area contributed by atoms with Crippen molar-refractivity contribution in [1.29, 1.82) is 0 Å². The van der Waals surface area contributed by atoms with E-state index in [-0.39, 0.29) is 11.5 Å². The molecule has 0 saturated carbocycles. The van der Waals surface area contributed by atoms with Gasteiger partial charge in [0.15, 0.2) is 0 Å². The summed E-state index contributed by atoms with van der Waals surface area (Å²) in [6, 6.07) is 12.4. The summed E-state index contributed by atoms with van der Waals surface area (Å²) in [6.45, 7) is 2.55. The van der Waals surface area contributed by atoms with Gasteiger partial charge in [0.1, 0.15) is 5.82 Å². The fourth-order valence-electron chi connectivity index (χ4n) is 2.66. The van der Waals surface area contributed by atoms with Gasteiger partial charge in [0, 0.05) is 36.9 Å². The molecule has 0 bridgehead atoms. The molecule has 0 unspecified atom stereocenters. The first-order valence-electron chi connectivity index (χ1n) is 7.30. The lowest BCUT2D eigenvalue weighted by atomic mass is 10.1. The zero-order chi connectivity index (χ0) is 16.4. The van der Waals surface area contributed by atoms with Crippen molar-refractivity contribution in [3.63, 3.8) is 0 Å². The third-order valence-corrected chi connectivity index (χ3v) is 4.81. The average Bonchev–Trinajstić information content (AvgIpc) is 2.58. The number of rotatable bonds is 2. The van der Waals surface area contributed by atoms with E-state index >= 15 is 0 Å². The van der Waals surface area contributed by atoms with E-state index in [1.54, 1.807) is 17.0 Å². The van der Waals surface area contributed by atoms with E-state index in [1.165, 1.54) is 6.07 Å². The van der Waals surface area contributed by atoms with Crippen LogP contribution in [0.25, 0.3) is 0 Å². The monoisotopic (exact) mass is 396 g/mol. The molecule has 0 aromatic heterocycles. The number of anilines is 1. The largest absolute Gasteiger partial charge is 0.368 e. The number of amides is 1. The Hall–Kier alpha value is -1.59. The average molecular weight is 398 g/mol. The zero-order valence-electron chi connectivity index (χ0n) is 12.3. The van der Waals surface area contributed by atoms with Crippen molar-refractivity contribution in [2.45, 2.75) is 0 Å². The molecule has 0 N–H and O–H groups in total. The summed E-state index contributed by atoms with van der Waals surface area (Å²) in [6.07, 6.45) is 0. The predicted molar refractivity (Wildman–Crippen MR) is 93.7 cm³/mol. The normalized spacial score (nSPS) is 14.9. The van der Waals surface area contributed by atoms with Crippen LogP contribution in [0, 0.1) is 5.82 Å². The molecule has 3 rings (SSSR count). The molecule has 6 heteroatoms. The number of carbonyl (C=O) groups excluding carboxylic acids is 1. The maximum atomic E-state index is 14.1. The standard InChI is InChI=1S/C17H15BrClFN2O/c18-15-3-1-2-14(16(15)20)17(23)22-10-8-21(9-11-22)13-6-4-12(19)5-7-13/h1-7H,8-11H2. The fraction of sp³-hybridized carbons (Fsp3) is 0.235. The van der Waals surface area contributed by atoms with Gasteiger partial charge in [-0.05, 0) is 52.3 Å². The van der Waals surface area contributed by atoms with Crippen LogP contribution < -0.4 is 4.90 Å². The minimum Gasteiger partial charge on any atom is -0.368 e. The first kappa shape index (κ1) is 16.3. The third-order valence-electron chi connectivity index (χ3n) is 3.94. The molecule has 1 aliphatic heterocycles. The number of hydrogen-bond donors (Lipinski definition) is 0. The van der Waals surface area contributed by atoms with Crippen LogP contribution in [-0.2, 0) is 0 Å². The Balaban J connectivity index is 1.68. The highest BCUT2D eigenvalue weighted by Gasteiger charge is 2.24. The summed E-state index contributed by atoms with van der Waals surface area (Å²) < 4.78 is 14.4. The molecule has 1 heterocycles. The molecule has 1 amide bonds. The molecule has 1 saturated heterocycles. The lowest BCUT2D eigenvalue weighted by molar-refractivity contribution is 0.0742. The molecule has 2 aromatic rings. The summed E-state index contributed by atoms with van der Waals surface area (Å²) in [4.78, 5) is 16.4. The van der Waals surface area contributed by atoms with Crippen LogP contribution in [0.1, 0.15) is 10.4 Å². The smallest absolute Gasteiger partial charge is 0.256 e. The Kier molecular flexibility index (Phi) is 4.87. The number of halogens is 3. The van der Waals surface area contributed by atoms with Crippen LogP contribution in [-0.4, -0.2) is 37.0 Å². The zero-order valence-corrected chi connectivity index (χ0v) is 14.6. The Labute approximate surface area is 147 Å². The molecule has 0 radical (unpaired) electrons. The van der Waals surface area contributed by atoms with E-state index < -0.39 is 5.82 Å². The molecule has 0 spiro atoms. The maximum Gasteiger partial charge on any atom is 0.256 e. The van der Waals surface area contributed by atoms with Crippen LogP contribution >= 0.6 is 27.5 Å². The predicted octanol–water partition coefficient (Wildman–Crippen LogP) is 4.20. The summed E-state index contributed by atoms with van der Waals surface area (Å²) in [7, 11) is 0. The van der Waals surface area contributed by atoms with Crippen molar-refractivity contribution in [3.8, 4) is 0 Å². The van der Waals surface area contributed by atoms with Crippen LogP contribution in [0.3, 0.4) is 0 Å². The SMILES string of the molecule is O=C(c1cccc(Br)c1F)N1CCN(c2ccc(Cl)cc2)CC1. The summed E-state index contributed by atoms with van der Waals surface area (Å²) in [5.41, 5.74) is 1.19. The van der Waals surface area contributed by atoms with Gasteiger partial charge in [0.05, 0.1) is 10.0 Å². The second-order valence-electron chi connectivity index (χ2n) is 5.36. The quantitative estimate of drug-likeness (QED) is 0.758. The van der Waals surface area contributed by atoms with Gasteiger partial charge in [-0.2, -0.15) is 0 Å². The van der Waals surface area contributed by atoms with E-state index in [4.69, 9.17) is 11.6 Å². The van der Waals surface area contributed by atoms with E-state index in [2.05, 4.69) is 20.8 Å². The van der Waals surface area contributed by atoms with Crippen LogP contribution in [0.2, 0.25) is 5.02 Å². The van der Waals surface area contributed by atoms with E-state index in [0.29, 0.717) is 35.7 Å². The Morgan fingerprint density at radius 3 is 2.35 bits per heavy atom. The number of benzene rings is 2. The van der Waals surface area contributed by atoms with Crippen molar-refractivity contribution in [2.75, 3.05) is 31.1 Å². The first-order chi connectivity index (χ1) is 11.1. The molecule has 3 nitrogen and oxygen atoms in total. The molecule has 120 valence electrons. The third kappa shape index (κ3) is 3.51. The summed E-state index contributed by atoms with van der Waals surface area (Å²) in [5, 5.41) is 0.702. The molecule has 1 aliphatic rings. The number of nitrogens with zero attached hydrogens (tertiary/aromatic N) is 2. The fourth-order valence-corrected chi connectivity index (χ4v) is 3.15. The molecule has 0 atom stereocenters. The van der Waals surface area contributed by atoms with Gasteiger partial charge >= 0.3 is 0 Å². The van der Waals surface area contributed by atoms with E-state index in [9.17, 15) is 9.18 Å². The lowest BCUT2D eigenvalue weighted by Gasteiger charge is -2.36. The number of carbonyl (C=O) groups is 1. The van der Waals surface area contributed by atoms with Crippen LogP contribution in [0.5, 0.6) is 0 Å². The van der Waals surface area contributed by atoms with Gasteiger partial charge in [0.2, 0.25) is 0 Å². The highest BCUT2D eigenvalue weighted by atomic mass is 79.9. The lowest BCUT2D eigenvalue weighted by Crippen LogP contribution is -2.49. The van der Waals surface area contributed by atoms with Crippen molar-refractivity contribution >= 4 is 39.1 Å². The second-order valence-corrected chi connectivity index (χ2v) is 6.65. The van der Waals surface area contributed by atoms with Crippen molar-refractivity contribution in [3.05, 3.63) is 63.3 Å². The Bertz CT molecular complexity index is 715. The second kappa shape index (κ2) is 6.89. The minimum absolute atomic E-state index is 0.110. The van der Waals surface area contributed by atoms with Gasteiger partial charge in [-0.15, -0.1) is 0 Å². The molecular formula is C17H15BrClFN2O. The van der Waals surface area contributed by atoms with Gasteiger partial charge in [-0.3, -0.25) is 4.79 Å². The van der Waals surface area contributed by atoms with Gasteiger partial charge in [0.25, 0.3) is 5.91 Å². The minimum atomic E-state index is -0.502. The molecule has 2 aromatic carbocycles. The topological polar surface area (TPSA) is 23.6 Å². The Morgan fingerprint density at radius 1 is 1.04 bits per heavy atom. The van der Waals surface area contributed by atoms with Gasteiger partial charge in [-0.25, -0.2) is 4.39 Å². The maximum absolute atomic E-state index is 14.1. The molecule has 0 aliphatic carbocycles. The number of hydrogen-bond acceptors (Lipinski definition) is 2. The molecular weight excluding hydrogens is 383 g/mol. The van der Waals surface area contributed by atoms with Crippen molar-refractivity contribution in [1.82, 2.24) is 4.90 Å². The Morgan fingerprint density at radius 2 is 1.70 bits per heavy atom. The first-order valence-corrected chi connectivity index (χ1v) is 8.47. The van der Waals surface area contributed by atoms with Gasteiger partial charge < -0.3 is 9.80 Å². The van der Waals surface area contributed by atoms with Crippen LogP contribution in [0.15, 0.2) is 46.9 Å². The highest BCUT2D eigenvalue weighted by Crippen LogP contribution is 2.22. The van der Waals surface area contributed by atoms with E-state index in [1.807, 2.05) is 24.3 Å². The number of piperazine rings is 1. The highest BCUT2D eigenvalue weighted by molar-refractivity contribution is 9.10. The van der Waals surface area contributed by atoms with Gasteiger partial charge in [-0.1, -0.05) is 17.7 Å². The molecule has 1 fully saturated rings.